The highest BCUT2D eigenvalue weighted by atomic mass is 35.5. The molecule has 0 unspecified atom stereocenters. The summed E-state index contributed by atoms with van der Waals surface area (Å²) < 4.78 is 1.94. The number of thioether (sulfide) groups is 1. The largest absolute Gasteiger partial charge is 0.310 e. The Labute approximate surface area is 177 Å². The van der Waals surface area contributed by atoms with Crippen molar-refractivity contribution in [3.05, 3.63) is 76.7 Å². The third-order valence-electron chi connectivity index (χ3n) is 3.71. The van der Waals surface area contributed by atoms with Crippen LogP contribution in [0.25, 0.3) is 0 Å². The van der Waals surface area contributed by atoms with E-state index in [9.17, 15) is 4.79 Å². The van der Waals surface area contributed by atoms with Crippen molar-refractivity contribution in [3.8, 4) is 0 Å². The van der Waals surface area contributed by atoms with E-state index >= 15 is 0 Å². The Morgan fingerprint density at radius 3 is 2.57 bits per heavy atom. The Morgan fingerprint density at radius 1 is 1.14 bits per heavy atom. The number of hydrogen-bond acceptors (Lipinski definition) is 5. The fourth-order valence-corrected chi connectivity index (χ4v) is 3.42. The maximum atomic E-state index is 12.2. The second-order valence-corrected chi connectivity index (χ2v) is 7.62. The molecule has 144 valence electrons. The van der Waals surface area contributed by atoms with Gasteiger partial charge in [0.1, 0.15) is 11.6 Å². The van der Waals surface area contributed by atoms with Gasteiger partial charge in [0.2, 0.25) is 5.91 Å². The monoisotopic (exact) mass is 433 g/mol. The van der Waals surface area contributed by atoms with E-state index < -0.39 is 0 Å². The van der Waals surface area contributed by atoms with Crippen LogP contribution in [-0.2, 0) is 17.8 Å². The molecule has 1 amide bonds. The van der Waals surface area contributed by atoms with E-state index in [1.165, 1.54) is 18.0 Å². The second kappa shape index (κ2) is 9.73. The fraction of sp³-hybridized carbons (Fsp3) is 0.158. The maximum absolute atomic E-state index is 12.2. The van der Waals surface area contributed by atoms with Crippen molar-refractivity contribution in [1.82, 2.24) is 19.7 Å². The van der Waals surface area contributed by atoms with Crippen LogP contribution in [0.4, 0.5) is 5.82 Å². The number of allylic oxidation sites excluding steroid dienone is 1. The fourth-order valence-electron chi connectivity index (χ4n) is 2.41. The van der Waals surface area contributed by atoms with E-state index in [1.54, 1.807) is 18.2 Å². The summed E-state index contributed by atoms with van der Waals surface area (Å²) in [6.45, 7) is 4.35. The highest BCUT2D eigenvalue weighted by molar-refractivity contribution is 7.99. The molecular formula is C19H17Cl2N5OS. The molecule has 9 heteroatoms. The third kappa shape index (κ3) is 5.58. The Bertz CT molecular complexity index is 957. The lowest BCUT2D eigenvalue weighted by atomic mass is 10.1. The average Bonchev–Trinajstić information content (AvgIpc) is 3.06. The molecule has 0 saturated heterocycles. The van der Waals surface area contributed by atoms with Gasteiger partial charge in [-0.1, -0.05) is 53.2 Å². The Balaban J connectivity index is 1.65. The quantitative estimate of drug-likeness (QED) is 0.418. The Hall–Kier alpha value is -2.35. The van der Waals surface area contributed by atoms with Crippen molar-refractivity contribution in [2.45, 2.75) is 18.1 Å². The predicted molar refractivity (Wildman–Crippen MR) is 113 cm³/mol. The van der Waals surface area contributed by atoms with Crippen LogP contribution in [0.2, 0.25) is 10.0 Å². The second-order valence-electron chi connectivity index (χ2n) is 5.80. The summed E-state index contributed by atoms with van der Waals surface area (Å²) in [5.74, 6) is 1.24. The number of benzene rings is 1. The molecule has 0 radical (unpaired) electrons. The van der Waals surface area contributed by atoms with Gasteiger partial charge in [0.05, 0.1) is 10.8 Å². The van der Waals surface area contributed by atoms with Gasteiger partial charge in [0.25, 0.3) is 0 Å². The van der Waals surface area contributed by atoms with Crippen molar-refractivity contribution in [2.24, 2.45) is 0 Å². The minimum atomic E-state index is -0.188. The summed E-state index contributed by atoms with van der Waals surface area (Å²) in [6.07, 6.45) is 3.87. The highest BCUT2D eigenvalue weighted by Crippen LogP contribution is 2.20. The molecule has 0 spiro atoms. The van der Waals surface area contributed by atoms with Gasteiger partial charge >= 0.3 is 0 Å². The number of nitrogens with zero attached hydrogens (tertiary/aromatic N) is 4. The topological polar surface area (TPSA) is 72.7 Å². The number of aromatic nitrogens is 4. The van der Waals surface area contributed by atoms with Crippen LogP contribution in [0, 0.1) is 0 Å². The molecular weight excluding hydrogens is 417 g/mol. The normalized spacial score (nSPS) is 10.6. The van der Waals surface area contributed by atoms with E-state index in [2.05, 4.69) is 27.1 Å². The molecule has 0 aliphatic rings. The van der Waals surface area contributed by atoms with Crippen LogP contribution in [0.15, 0.2) is 60.4 Å². The van der Waals surface area contributed by atoms with Gasteiger partial charge in [-0.05, 0) is 29.8 Å². The average molecular weight is 434 g/mol. The van der Waals surface area contributed by atoms with Crippen molar-refractivity contribution >= 4 is 46.7 Å². The molecule has 0 fully saturated rings. The number of hydrogen-bond donors (Lipinski definition) is 1. The number of carbonyl (C=O) groups excluding carboxylic acids is 1. The van der Waals surface area contributed by atoms with E-state index in [4.69, 9.17) is 23.2 Å². The molecule has 3 rings (SSSR count). The van der Waals surface area contributed by atoms with Gasteiger partial charge in [-0.15, -0.1) is 16.8 Å². The van der Waals surface area contributed by atoms with Gasteiger partial charge in [-0.25, -0.2) is 4.98 Å². The summed E-state index contributed by atoms with van der Waals surface area (Å²) in [6, 6.07) is 10.9. The van der Waals surface area contributed by atoms with Crippen molar-refractivity contribution in [3.63, 3.8) is 0 Å². The Morgan fingerprint density at radius 2 is 1.89 bits per heavy atom. The van der Waals surface area contributed by atoms with E-state index in [0.717, 1.165) is 11.4 Å². The molecule has 6 nitrogen and oxygen atoms in total. The summed E-state index contributed by atoms with van der Waals surface area (Å²) >= 11 is 13.0. The SMILES string of the molecule is C=CCn1c(Cc2ccc(Cl)cc2)nnc1SCC(=O)Nc1ccc(Cl)cn1. The van der Waals surface area contributed by atoms with Crippen LogP contribution in [-0.4, -0.2) is 31.4 Å². The number of anilines is 1. The number of halogens is 2. The lowest BCUT2D eigenvalue weighted by Crippen LogP contribution is -2.15. The zero-order valence-electron chi connectivity index (χ0n) is 14.8. The minimum absolute atomic E-state index is 0.181. The minimum Gasteiger partial charge on any atom is -0.310 e. The summed E-state index contributed by atoms with van der Waals surface area (Å²) in [4.78, 5) is 16.2. The molecule has 1 N–H and O–H groups in total. The van der Waals surface area contributed by atoms with Crippen molar-refractivity contribution in [1.29, 1.82) is 0 Å². The predicted octanol–water partition coefficient (Wildman–Crippen LogP) is 4.49. The van der Waals surface area contributed by atoms with Crippen LogP contribution >= 0.6 is 35.0 Å². The van der Waals surface area contributed by atoms with Gasteiger partial charge in [0, 0.05) is 24.2 Å². The zero-order chi connectivity index (χ0) is 19.9. The standard InChI is InChI=1S/C19H17Cl2N5OS/c1-2-9-26-17(10-13-3-5-14(20)6-4-13)24-25-19(26)28-12-18(27)23-16-8-7-15(21)11-22-16/h2-8,11H,1,9-10,12H2,(H,22,23,27). The van der Waals surface area contributed by atoms with Crippen LogP contribution in [0.1, 0.15) is 11.4 Å². The van der Waals surface area contributed by atoms with E-state index in [1.807, 2.05) is 28.8 Å². The lowest BCUT2D eigenvalue weighted by molar-refractivity contribution is -0.113. The summed E-state index contributed by atoms with van der Waals surface area (Å²) in [5.41, 5.74) is 1.07. The smallest absolute Gasteiger partial charge is 0.236 e. The maximum Gasteiger partial charge on any atom is 0.236 e. The number of pyridine rings is 1. The number of carbonyl (C=O) groups is 1. The first-order valence-electron chi connectivity index (χ1n) is 8.37. The first-order chi connectivity index (χ1) is 13.5. The van der Waals surface area contributed by atoms with Crippen LogP contribution in [0.3, 0.4) is 0 Å². The molecule has 0 aliphatic carbocycles. The summed E-state index contributed by atoms with van der Waals surface area (Å²) in [5, 5.41) is 13.1. The van der Waals surface area contributed by atoms with E-state index in [0.29, 0.717) is 34.0 Å². The molecule has 0 atom stereocenters. The summed E-state index contributed by atoms with van der Waals surface area (Å²) in [7, 11) is 0. The molecule has 1 aromatic carbocycles. The highest BCUT2D eigenvalue weighted by Gasteiger charge is 2.14. The molecule has 0 saturated carbocycles. The third-order valence-corrected chi connectivity index (χ3v) is 5.15. The molecule has 0 bridgehead atoms. The molecule has 2 heterocycles. The number of nitrogens with one attached hydrogen (secondary N) is 1. The number of amides is 1. The van der Waals surface area contributed by atoms with E-state index in [-0.39, 0.29) is 11.7 Å². The number of rotatable bonds is 8. The molecule has 28 heavy (non-hydrogen) atoms. The molecule has 2 aromatic heterocycles. The zero-order valence-corrected chi connectivity index (χ0v) is 17.1. The van der Waals surface area contributed by atoms with Crippen LogP contribution in [0.5, 0.6) is 0 Å². The van der Waals surface area contributed by atoms with Gasteiger partial charge in [0.15, 0.2) is 5.16 Å². The molecule has 3 aromatic rings. The van der Waals surface area contributed by atoms with Gasteiger partial charge in [-0.2, -0.15) is 0 Å². The Kier molecular flexibility index (Phi) is 7.08. The molecule has 0 aliphatic heterocycles. The lowest BCUT2D eigenvalue weighted by Gasteiger charge is -2.08. The van der Waals surface area contributed by atoms with Gasteiger partial charge in [-0.3, -0.25) is 4.79 Å². The first kappa shape index (κ1) is 20.4. The van der Waals surface area contributed by atoms with Crippen molar-refractivity contribution < 1.29 is 4.79 Å². The van der Waals surface area contributed by atoms with Crippen molar-refractivity contribution in [2.75, 3.05) is 11.1 Å². The first-order valence-corrected chi connectivity index (χ1v) is 10.1. The van der Waals surface area contributed by atoms with Gasteiger partial charge < -0.3 is 9.88 Å². The van der Waals surface area contributed by atoms with Crippen LogP contribution < -0.4 is 5.32 Å².